The highest BCUT2D eigenvalue weighted by atomic mass is 16.7. The molecule has 1 amide bonds. The first-order chi connectivity index (χ1) is 4.84. The van der Waals surface area contributed by atoms with E-state index in [0.717, 1.165) is 6.42 Å². The second kappa shape index (κ2) is 3.53. The number of hydroxylamine groups is 2. The molecule has 1 aliphatic heterocycles. The third kappa shape index (κ3) is 1.68. The Hall–Kier alpha value is -0.610. The zero-order chi connectivity index (χ0) is 7.40. The van der Waals surface area contributed by atoms with Crippen LogP contribution in [0.4, 0.5) is 0 Å². The first-order valence-corrected chi connectivity index (χ1v) is 3.38. The van der Waals surface area contributed by atoms with Crippen molar-refractivity contribution in [1.82, 2.24) is 5.06 Å². The number of rotatable bonds is 3. The summed E-state index contributed by atoms with van der Waals surface area (Å²) in [6.45, 7) is 0.842. The van der Waals surface area contributed by atoms with Gasteiger partial charge in [-0.05, 0) is 6.42 Å². The van der Waals surface area contributed by atoms with Crippen molar-refractivity contribution < 1.29 is 14.7 Å². The highest BCUT2D eigenvalue weighted by molar-refractivity contribution is 5.76. The number of aliphatic hydroxyl groups is 1. The molecule has 1 saturated heterocycles. The molecule has 1 aliphatic rings. The second-order valence-electron chi connectivity index (χ2n) is 2.16. The molecule has 1 N–H and O–H groups in total. The molecule has 0 aromatic rings. The predicted molar refractivity (Wildman–Crippen MR) is 34.0 cm³/mol. The monoisotopic (exact) mass is 145 g/mol. The zero-order valence-electron chi connectivity index (χ0n) is 5.75. The summed E-state index contributed by atoms with van der Waals surface area (Å²) in [5.41, 5.74) is 0. The van der Waals surface area contributed by atoms with E-state index in [-0.39, 0.29) is 19.1 Å². The van der Waals surface area contributed by atoms with E-state index in [1.807, 2.05) is 0 Å². The molecule has 0 unspecified atom stereocenters. The molecular formula is C6H11NO3. The van der Waals surface area contributed by atoms with E-state index in [4.69, 9.17) is 9.94 Å². The molecule has 4 heteroatoms. The minimum Gasteiger partial charge on any atom is -0.394 e. The summed E-state index contributed by atoms with van der Waals surface area (Å²) < 4.78 is 0. The quantitative estimate of drug-likeness (QED) is 0.584. The molecule has 1 rings (SSSR count). The Labute approximate surface area is 59.3 Å². The van der Waals surface area contributed by atoms with E-state index in [9.17, 15) is 4.79 Å². The minimum atomic E-state index is -0.0379. The van der Waals surface area contributed by atoms with E-state index in [1.54, 1.807) is 0 Å². The molecule has 0 radical (unpaired) electrons. The predicted octanol–water partition coefficient (Wildman–Crippen LogP) is -0.467. The first-order valence-electron chi connectivity index (χ1n) is 3.38. The summed E-state index contributed by atoms with van der Waals surface area (Å²) in [6.07, 6.45) is 1.44. The molecule has 0 aliphatic carbocycles. The fourth-order valence-electron chi connectivity index (χ4n) is 0.911. The van der Waals surface area contributed by atoms with Crippen LogP contribution in [0.25, 0.3) is 0 Å². The lowest BCUT2D eigenvalue weighted by atomic mass is 10.4. The van der Waals surface area contributed by atoms with Gasteiger partial charge in [0.2, 0.25) is 5.91 Å². The summed E-state index contributed by atoms with van der Waals surface area (Å²) in [7, 11) is 0. The van der Waals surface area contributed by atoms with E-state index in [0.29, 0.717) is 13.0 Å². The molecule has 0 saturated carbocycles. The largest absolute Gasteiger partial charge is 0.394 e. The lowest BCUT2D eigenvalue weighted by Crippen LogP contribution is -2.26. The number of hydrogen-bond acceptors (Lipinski definition) is 3. The number of carbonyl (C=O) groups is 1. The van der Waals surface area contributed by atoms with Crippen LogP contribution in [0.5, 0.6) is 0 Å². The third-order valence-corrected chi connectivity index (χ3v) is 1.37. The molecule has 0 aromatic carbocycles. The Balaban J connectivity index is 2.20. The topological polar surface area (TPSA) is 49.8 Å². The minimum absolute atomic E-state index is 0.0217. The average molecular weight is 145 g/mol. The fraction of sp³-hybridized carbons (Fsp3) is 0.833. The molecule has 1 heterocycles. The van der Waals surface area contributed by atoms with Gasteiger partial charge >= 0.3 is 0 Å². The molecule has 0 spiro atoms. The van der Waals surface area contributed by atoms with E-state index < -0.39 is 0 Å². The average Bonchev–Trinajstić information content (AvgIpc) is 2.31. The van der Waals surface area contributed by atoms with Gasteiger partial charge in [-0.3, -0.25) is 9.63 Å². The lowest BCUT2D eigenvalue weighted by molar-refractivity contribution is -0.180. The van der Waals surface area contributed by atoms with Crippen molar-refractivity contribution in [3.05, 3.63) is 0 Å². The van der Waals surface area contributed by atoms with Crippen molar-refractivity contribution >= 4 is 5.91 Å². The van der Waals surface area contributed by atoms with E-state index >= 15 is 0 Å². The van der Waals surface area contributed by atoms with Crippen LogP contribution in [0, 0.1) is 0 Å². The van der Waals surface area contributed by atoms with Crippen molar-refractivity contribution in [1.29, 1.82) is 0 Å². The summed E-state index contributed by atoms with van der Waals surface area (Å²) in [5.74, 6) is 0.0217. The Morgan fingerprint density at radius 2 is 2.50 bits per heavy atom. The molecule has 10 heavy (non-hydrogen) atoms. The van der Waals surface area contributed by atoms with Gasteiger partial charge < -0.3 is 5.11 Å². The Kier molecular flexibility index (Phi) is 2.65. The van der Waals surface area contributed by atoms with E-state index in [1.165, 1.54) is 5.06 Å². The van der Waals surface area contributed by atoms with Crippen LogP contribution >= 0.6 is 0 Å². The van der Waals surface area contributed by atoms with Crippen LogP contribution in [0.2, 0.25) is 0 Å². The number of amides is 1. The summed E-state index contributed by atoms with van der Waals surface area (Å²) in [4.78, 5) is 15.7. The van der Waals surface area contributed by atoms with Gasteiger partial charge in [-0.25, -0.2) is 5.06 Å². The van der Waals surface area contributed by atoms with Crippen LogP contribution < -0.4 is 0 Å². The number of hydrogen-bond donors (Lipinski definition) is 1. The molecule has 4 nitrogen and oxygen atoms in total. The maximum Gasteiger partial charge on any atom is 0.246 e. The second-order valence-corrected chi connectivity index (χ2v) is 2.16. The Morgan fingerprint density at radius 1 is 1.70 bits per heavy atom. The van der Waals surface area contributed by atoms with Crippen molar-refractivity contribution in [3.8, 4) is 0 Å². The van der Waals surface area contributed by atoms with Crippen molar-refractivity contribution in [2.24, 2.45) is 0 Å². The maximum atomic E-state index is 10.8. The molecular weight excluding hydrogens is 134 g/mol. The van der Waals surface area contributed by atoms with Crippen molar-refractivity contribution in [3.63, 3.8) is 0 Å². The van der Waals surface area contributed by atoms with Gasteiger partial charge in [0.15, 0.2) is 0 Å². The molecule has 1 fully saturated rings. The van der Waals surface area contributed by atoms with Crippen LogP contribution in [0.15, 0.2) is 0 Å². The Morgan fingerprint density at radius 3 is 3.00 bits per heavy atom. The van der Waals surface area contributed by atoms with Gasteiger partial charge in [-0.2, -0.15) is 0 Å². The number of carbonyl (C=O) groups excluding carboxylic acids is 1. The van der Waals surface area contributed by atoms with Gasteiger partial charge in [0.1, 0.15) is 0 Å². The normalized spacial score (nSPS) is 18.5. The van der Waals surface area contributed by atoms with Gasteiger partial charge in [-0.15, -0.1) is 0 Å². The molecule has 58 valence electrons. The summed E-state index contributed by atoms with van der Waals surface area (Å²) in [5, 5.41) is 9.67. The molecule has 0 aromatic heterocycles. The van der Waals surface area contributed by atoms with Crippen LogP contribution in [-0.4, -0.2) is 35.8 Å². The SMILES string of the molecule is O=C1CCCN1OCCO. The summed E-state index contributed by atoms with van der Waals surface area (Å²) in [6, 6.07) is 0. The molecule has 0 bridgehead atoms. The lowest BCUT2D eigenvalue weighted by Gasteiger charge is -2.13. The van der Waals surface area contributed by atoms with Crippen molar-refractivity contribution in [2.45, 2.75) is 12.8 Å². The van der Waals surface area contributed by atoms with E-state index in [2.05, 4.69) is 0 Å². The number of nitrogens with zero attached hydrogens (tertiary/aromatic N) is 1. The maximum absolute atomic E-state index is 10.8. The van der Waals surface area contributed by atoms with Crippen LogP contribution in [0.3, 0.4) is 0 Å². The Bertz CT molecular complexity index is 126. The fourth-order valence-corrected chi connectivity index (χ4v) is 0.911. The summed E-state index contributed by atoms with van der Waals surface area (Å²) >= 11 is 0. The zero-order valence-corrected chi connectivity index (χ0v) is 5.75. The number of aliphatic hydroxyl groups excluding tert-OH is 1. The van der Waals surface area contributed by atoms with Crippen molar-refractivity contribution in [2.75, 3.05) is 19.8 Å². The standard InChI is InChI=1S/C6H11NO3/c8-4-5-10-7-3-1-2-6(7)9/h8H,1-5H2. The van der Waals surface area contributed by atoms with Gasteiger partial charge in [0.25, 0.3) is 0 Å². The first kappa shape index (κ1) is 7.50. The van der Waals surface area contributed by atoms with Crippen LogP contribution in [-0.2, 0) is 9.63 Å². The highest BCUT2D eigenvalue weighted by Crippen LogP contribution is 2.08. The third-order valence-electron chi connectivity index (χ3n) is 1.37. The van der Waals surface area contributed by atoms with Gasteiger partial charge in [0, 0.05) is 13.0 Å². The van der Waals surface area contributed by atoms with Gasteiger partial charge in [-0.1, -0.05) is 0 Å². The van der Waals surface area contributed by atoms with Gasteiger partial charge in [0.05, 0.1) is 13.2 Å². The highest BCUT2D eigenvalue weighted by Gasteiger charge is 2.20. The van der Waals surface area contributed by atoms with Crippen LogP contribution in [0.1, 0.15) is 12.8 Å². The smallest absolute Gasteiger partial charge is 0.246 e. The molecule has 0 atom stereocenters.